The number of hydrogen-bond donors (Lipinski definition) is 1. The maximum Gasteiger partial charge on any atom is 0.261 e. The first-order valence-corrected chi connectivity index (χ1v) is 7.82. The average molecular weight is 301 g/mol. The van der Waals surface area contributed by atoms with Gasteiger partial charge >= 0.3 is 0 Å². The monoisotopic (exact) mass is 301 g/mol. The lowest BCUT2D eigenvalue weighted by Crippen LogP contribution is -2.46. The van der Waals surface area contributed by atoms with Crippen molar-refractivity contribution in [3.63, 3.8) is 0 Å². The number of likely N-dealkylation sites (tertiary alicyclic amines) is 1. The van der Waals surface area contributed by atoms with Crippen LogP contribution >= 0.6 is 0 Å². The fourth-order valence-corrected chi connectivity index (χ4v) is 3.32. The maximum absolute atomic E-state index is 13.5. The Bertz CT molecular complexity index is 600. The molecule has 110 valence electrons. The zero-order valence-electron chi connectivity index (χ0n) is 11.0. The summed E-state index contributed by atoms with van der Waals surface area (Å²) in [6, 6.07) is 1.36. The molecule has 6 nitrogen and oxygen atoms in total. The Morgan fingerprint density at radius 2 is 2.10 bits per heavy atom. The van der Waals surface area contributed by atoms with E-state index in [1.165, 1.54) is 19.2 Å². The number of pyridine rings is 1. The van der Waals surface area contributed by atoms with Gasteiger partial charge in [-0.05, 0) is 31.9 Å². The molecular formula is C12H16FN3O3S. The predicted octanol–water partition coefficient (Wildman–Crippen LogP) is 0.510. The highest BCUT2D eigenvalue weighted by atomic mass is 32.2. The molecule has 8 heteroatoms. The molecule has 1 atom stereocenters. The molecule has 20 heavy (non-hydrogen) atoms. The molecule has 2 heterocycles. The van der Waals surface area contributed by atoms with E-state index < -0.39 is 26.9 Å². The van der Waals surface area contributed by atoms with Crippen LogP contribution in [-0.4, -0.2) is 43.3 Å². The van der Waals surface area contributed by atoms with Gasteiger partial charge in [-0.25, -0.2) is 17.8 Å². The first kappa shape index (κ1) is 14.9. The lowest BCUT2D eigenvalue weighted by Gasteiger charge is -2.20. The Balaban J connectivity index is 2.12. The van der Waals surface area contributed by atoms with Crippen LogP contribution in [0, 0.1) is 5.82 Å². The van der Waals surface area contributed by atoms with Crippen LogP contribution in [0.5, 0.6) is 0 Å². The van der Waals surface area contributed by atoms with E-state index in [2.05, 4.69) is 9.71 Å². The summed E-state index contributed by atoms with van der Waals surface area (Å²) < 4.78 is 39.6. The van der Waals surface area contributed by atoms with E-state index in [4.69, 9.17) is 0 Å². The molecule has 1 amide bonds. The second-order valence-electron chi connectivity index (χ2n) is 4.67. The quantitative estimate of drug-likeness (QED) is 0.879. The van der Waals surface area contributed by atoms with Crippen LogP contribution in [0.1, 0.15) is 19.8 Å². The highest BCUT2D eigenvalue weighted by Crippen LogP contribution is 2.13. The average Bonchev–Trinajstić information content (AvgIpc) is 2.91. The van der Waals surface area contributed by atoms with E-state index in [0.717, 1.165) is 18.9 Å². The molecule has 1 unspecified atom stereocenters. The number of rotatable bonds is 4. The van der Waals surface area contributed by atoms with Crippen molar-refractivity contribution in [3.8, 4) is 0 Å². The zero-order valence-corrected chi connectivity index (χ0v) is 11.9. The number of aromatic nitrogens is 1. The molecular weight excluding hydrogens is 285 g/mol. The van der Waals surface area contributed by atoms with Gasteiger partial charge in [0.1, 0.15) is 0 Å². The minimum atomic E-state index is -4.15. The predicted molar refractivity (Wildman–Crippen MR) is 69.8 cm³/mol. The van der Waals surface area contributed by atoms with Crippen molar-refractivity contribution in [2.75, 3.05) is 13.1 Å². The van der Waals surface area contributed by atoms with E-state index >= 15 is 0 Å². The smallest absolute Gasteiger partial charge is 0.261 e. The van der Waals surface area contributed by atoms with Gasteiger partial charge in [-0.3, -0.25) is 4.79 Å². The number of sulfonamides is 1. The summed E-state index contributed by atoms with van der Waals surface area (Å²) in [6.07, 6.45) is 3.02. The Kier molecular flexibility index (Phi) is 4.34. The van der Waals surface area contributed by atoms with Crippen LogP contribution < -0.4 is 4.72 Å². The molecule has 1 saturated heterocycles. The zero-order chi connectivity index (χ0) is 14.8. The molecule has 0 aliphatic carbocycles. The van der Waals surface area contributed by atoms with E-state index in [9.17, 15) is 17.6 Å². The van der Waals surface area contributed by atoms with Crippen LogP contribution in [0.25, 0.3) is 0 Å². The van der Waals surface area contributed by atoms with Gasteiger partial charge in [0.15, 0.2) is 5.82 Å². The van der Waals surface area contributed by atoms with Crippen LogP contribution in [0.3, 0.4) is 0 Å². The highest BCUT2D eigenvalue weighted by Gasteiger charge is 2.29. The SMILES string of the molecule is CC(NS(=O)(=O)c1ncccc1F)C(=O)N1CCCC1. The maximum atomic E-state index is 13.5. The number of amides is 1. The van der Waals surface area contributed by atoms with Crippen LogP contribution in [0.4, 0.5) is 4.39 Å². The van der Waals surface area contributed by atoms with Crippen molar-refractivity contribution in [1.29, 1.82) is 0 Å². The van der Waals surface area contributed by atoms with E-state index in [0.29, 0.717) is 13.1 Å². The molecule has 1 N–H and O–H groups in total. The summed E-state index contributed by atoms with van der Waals surface area (Å²) in [6.45, 7) is 2.70. The first-order chi connectivity index (χ1) is 9.42. The Morgan fingerprint density at radius 1 is 1.45 bits per heavy atom. The minimum Gasteiger partial charge on any atom is -0.341 e. The normalized spacial score (nSPS) is 17.2. The summed E-state index contributed by atoms with van der Waals surface area (Å²) in [7, 11) is -4.15. The van der Waals surface area contributed by atoms with Crippen molar-refractivity contribution < 1.29 is 17.6 Å². The molecule has 1 aromatic rings. The second-order valence-corrected chi connectivity index (χ2v) is 6.30. The fourth-order valence-electron chi connectivity index (χ4n) is 2.12. The third-order valence-corrected chi connectivity index (χ3v) is 4.57. The minimum absolute atomic E-state index is 0.303. The number of carbonyl (C=O) groups is 1. The molecule has 0 spiro atoms. The van der Waals surface area contributed by atoms with Crippen molar-refractivity contribution in [3.05, 3.63) is 24.1 Å². The van der Waals surface area contributed by atoms with Crippen LogP contribution in [0.2, 0.25) is 0 Å². The topological polar surface area (TPSA) is 79.4 Å². The molecule has 2 rings (SSSR count). The van der Waals surface area contributed by atoms with Gasteiger partial charge in [-0.1, -0.05) is 0 Å². The Labute approximate surface area is 117 Å². The highest BCUT2D eigenvalue weighted by molar-refractivity contribution is 7.89. The van der Waals surface area contributed by atoms with E-state index in [1.807, 2.05) is 0 Å². The third kappa shape index (κ3) is 3.13. The van der Waals surface area contributed by atoms with E-state index in [-0.39, 0.29) is 5.91 Å². The van der Waals surface area contributed by atoms with Gasteiger partial charge in [0, 0.05) is 19.3 Å². The Hall–Kier alpha value is -1.54. The van der Waals surface area contributed by atoms with Gasteiger partial charge in [0.25, 0.3) is 10.0 Å². The lowest BCUT2D eigenvalue weighted by molar-refractivity contribution is -0.131. The largest absolute Gasteiger partial charge is 0.341 e. The standard InChI is InChI=1S/C12H16FN3O3S/c1-9(12(17)16-7-2-3-8-16)15-20(18,19)11-10(13)5-4-6-14-11/h4-6,9,15H,2-3,7-8H2,1H3. The summed E-state index contributed by atoms with van der Waals surface area (Å²) in [5, 5.41) is -0.693. The molecule has 0 bridgehead atoms. The fraction of sp³-hybridized carbons (Fsp3) is 0.500. The lowest BCUT2D eigenvalue weighted by atomic mass is 10.3. The molecule has 0 aromatic carbocycles. The van der Waals surface area contributed by atoms with Crippen molar-refractivity contribution >= 4 is 15.9 Å². The molecule has 1 aliphatic heterocycles. The molecule has 1 fully saturated rings. The van der Waals surface area contributed by atoms with Crippen LogP contribution in [0.15, 0.2) is 23.4 Å². The second kappa shape index (κ2) is 5.84. The number of hydrogen-bond acceptors (Lipinski definition) is 4. The number of nitrogens with zero attached hydrogens (tertiary/aromatic N) is 2. The van der Waals surface area contributed by atoms with Crippen LogP contribution in [-0.2, 0) is 14.8 Å². The molecule has 0 saturated carbocycles. The summed E-state index contributed by atoms with van der Waals surface area (Å²) in [4.78, 5) is 17.1. The first-order valence-electron chi connectivity index (χ1n) is 6.33. The van der Waals surface area contributed by atoms with Crippen molar-refractivity contribution in [1.82, 2.24) is 14.6 Å². The third-order valence-electron chi connectivity index (χ3n) is 3.10. The summed E-state index contributed by atoms with van der Waals surface area (Å²) >= 11 is 0. The van der Waals surface area contributed by atoms with Gasteiger partial charge in [0.05, 0.1) is 6.04 Å². The summed E-state index contributed by atoms with van der Waals surface area (Å²) in [5.41, 5.74) is 0. The number of nitrogens with one attached hydrogen (secondary N) is 1. The van der Waals surface area contributed by atoms with Crippen molar-refractivity contribution in [2.45, 2.75) is 30.8 Å². The molecule has 0 radical (unpaired) electrons. The van der Waals surface area contributed by atoms with Gasteiger partial charge in [-0.2, -0.15) is 4.72 Å². The Morgan fingerprint density at radius 3 is 2.70 bits per heavy atom. The van der Waals surface area contributed by atoms with Gasteiger partial charge in [0.2, 0.25) is 10.9 Å². The number of carbonyl (C=O) groups excluding carboxylic acids is 1. The molecule has 1 aromatic heterocycles. The van der Waals surface area contributed by atoms with Gasteiger partial charge in [-0.15, -0.1) is 0 Å². The van der Waals surface area contributed by atoms with Gasteiger partial charge < -0.3 is 4.90 Å². The number of halogens is 1. The van der Waals surface area contributed by atoms with E-state index in [1.54, 1.807) is 4.90 Å². The summed E-state index contributed by atoms with van der Waals surface area (Å²) in [5.74, 6) is -1.25. The molecule has 1 aliphatic rings. The van der Waals surface area contributed by atoms with Crippen molar-refractivity contribution in [2.24, 2.45) is 0 Å².